The van der Waals surface area contributed by atoms with Crippen LogP contribution in [-0.4, -0.2) is 11.1 Å². The van der Waals surface area contributed by atoms with Gasteiger partial charge in [0.1, 0.15) is 0 Å². The maximum atomic E-state index is 10.1. The molecular formula is C12H18O2. The predicted octanol–water partition coefficient (Wildman–Crippen LogP) is 3.32. The molecule has 0 rings (SSSR count). The number of allylic oxidation sites excluding steroid dienone is 6. The first-order valence-electron chi connectivity index (χ1n) is 4.95. The van der Waals surface area contributed by atoms with Crippen molar-refractivity contribution in [2.45, 2.75) is 32.6 Å². The van der Waals surface area contributed by atoms with Crippen molar-refractivity contribution in [3.05, 3.63) is 36.5 Å². The molecule has 0 amide bonds. The van der Waals surface area contributed by atoms with E-state index in [-0.39, 0.29) is 6.42 Å². The van der Waals surface area contributed by atoms with Crippen molar-refractivity contribution in [2.24, 2.45) is 0 Å². The van der Waals surface area contributed by atoms with Crippen LogP contribution in [0.1, 0.15) is 32.6 Å². The standard InChI is InChI=1S/C12H18O2/c1-2-3-4-5-6-7-8-9-10-11-12(13)14/h3-6,8-9H,2,7,10-11H2,1H3,(H,13,14)/b4-3+,6-5-,9-8-. The molecule has 0 aromatic carbocycles. The molecule has 2 heteroatoms. The number of hydrogen-bond donors (Lipinski definition) is 1. The molecule has 0 aliphatic rings. The zero-order valence-electron chi connectivity index (χ0n) is 8.65. The van der Waals surface area contributed by atoms with Crippen LogP contribution in [0.5, 0.6) is 0 Å². The largest absolute Gasteiger partial charge is 0.481 e. The molecule has 0 fully saturated rings. The third kappa shape index (κ3) is 10.7. The van der Waals surface area contributed by atoms with Gasteiger partial charge in [0, 0.05) is 6.42 Å². The number of carboxylic acids is 1. The van der Waals surface area contributed by atoms with Crippen LogP contribution in [0, 0.1) is 0 Å². The summed E-state index contributed by atoms with van der Waals surface area (Å²) in [5.74, 6) is -0.740. The summed E-state index contributed by atoms with van der Waals surface area (Å²) in [7, 11) is 0. The Morgan fingerprint density at radius 3 is 2.50 bits per heavy atom. The van der Waals surface area contributed by atoms with E-state index in [9.17, 15) is 4.79 Å². The van der Waals surface area contributed by atoms with Crippen molar-refractivity contribution >= 4 is 5.97 Å². The average molecular weight is 194 g/mol. The molecular weight excluding hydrogens is 176 g/mol. The molecule has 1 N–H and O–H groups in total. The maximum Gasteiger partial charge on any atom is 0.303 e. The van der Waals surface area contributed by atoms with Crippen LogP contribution in [0.2, 0.25) is 0 Å². The topological polar surface area (TPSA) is 37.3 Å². The highest BCUT2D eigenvalue weighted by Gasteiger charge is 1.90. The van der Waals surface area contributed by atoms with Crippen molar-refractivity contribution in [3.8, 4) is 0 Å². The summed E-state index contributed by atoms with van der Waals surface area (Å²) in [6, 6.07) is 0. The predicted molar refractivity (Wildman–Crippen MR) is 59.2 cm³/mol. The monoisotopic (exact) mass is 194 g/mol. The zero-order valence-corrected chi connectivity index (χ0v) is 8.65. The van der Waals surface area contributed by atoms with Gasteiger partial charge in [0.25, 0.3) is 0 Å². The summed E-state index contributed by atoms with van der Waals surface area (Å²) in [4.78, 5) is 10.1. The lowest BCUT2D eigenvalue weighted by molar-refractivity contribution is -0.136. The van der Waals surface area contributed by atoms with Crippen LogP contribution in [0.4, 0.5) is 0 Å². The van der Waals surface area contributed by atoms with Gasteiger partial charge in [-0.1, -0.05) is 43.4 Å². The minimum atomic E-state index is -0.740. The average Bonchev–Trinajstić information content (AvgIpc) is 2.15. The second-order valence-corrected chi connectivity index (χ2v) is 2.90. The lowest BCUT2D eigenvalue weighted by Crippen LogP contribution is -1.91. The molecule has 0 spiro atoms. The fourth-order valence-corrected chi connectivity index (χ4v) is 0.871. The minimum Gasteiger partial charge on any atom is -0.481 e. The molecule has 2 nitrogen and oxygen atoms in total. The first-order chi connectivity index (χ1) is 6.77. The second-order valence-electron chi connectivity index (χ2n) is 2.90. The molecule has 0 aromatic rings. The third-order valence-corrected chi connectivity index (χ3v) is 1.58. The molecule has 0 heterocycles. The summed E-state index contributed by atoms with van der Waals surface area (Å²) in [5, 5.41) is 8.36. The van der Waals surface area contributed by atoms with Crippen LogP contribution >= 0.6 is 0 Å². The summed E-state index contributed by atoms with van der Waals surface area (Å²) in [5.41, 5.74) is 0. The molecule has 14 heavy (non-hydrogen) atoms. The molecule has 0 aliphatic heterocycles. The highest BCUT2D eigenvalue weighted by atomic mass is 16.4. The number of aliphatic carboxylic acids is 1. The van der Waals surface area contributed by atoms with Gasteiger partial charge in [-0.2, -0.15) is 0 Å². The second kappa shape index (κ2) is 9.78. The van der Waals surface area contributed by atoms with Crippen molar-refractivity contribution < 1.29 is 9.90 Å². The Morgan fingerprint density at radius 2 is 1.86 bits per heavy atom. The van der Waals surface area contributed by atoms with E-state index in [0.717, 1.165) is 12.8 Å². The zero-order chi connectivity index (χ0) is 10.6. The van der Waals surface area contributed by atoms with Crippen molar-refractivity contribution in [1.29, 1.82) is 0 Å². The van der Waals surface area contributed by atoms with E-state index in [1.54, 1.807) is 0 Å². The molecule has 0 unspecified atom stereocenters. The number of rotatable bonds is 7. The van der Waals surface area contributed by atoms with E-state index in [4.69, 9.17) is 5.11 Å². The Balaban J connectivity index is 3.39. The van der Waals surface area contributed by atoms with E-state index in [0.29, 0.717) is 6.42 Å². The van der Waals surface area contributed by atoms with Crippen LogP contribution in [-0.2, 0) is 4.79 Å². The van der Waals surface area contributed by atoms with Crippen LogP contribution in [0.15, 0.2) is 36.5 Å². The summed E-state index contributed by atoms with van der Waals surface area (Å²) in [6.07, 6.45) is 14.8. The van der Waals surface area contributed by atoms with Gasteiger partial charge in [0.15, 0.2) is 0 Å². The Hall–Kier alpha value is -1.31. The fraction of sp³-hybridized carbons (Fsp3) is 0.417. The van der Waals surface area contributed by atoms with Crippen molar-refractivity contribution in [3.63, 3.8) is 0 Å². The van der Waals surface area contributed by atoms with Gasteiger partial charge in [-0.15, -0.1) is 0 Å². The quantitative estimate of drug-likeness (QED) is 0.498. The summed E-state index contributed by atoms with van der Waals surface area (Å²) < 4.78 is 0. The van der Waals surface area contributed by atoms with E-state index >= 15 is 0 Å². The Morgan fingerprint density at radius 1 is 1.14 bits per heavy atom. The van der Waals surface area contributed by atoms with Gasteiger partial charge < -0.3 is 5.11 Å². The van der Waals surface area contributed by atoms with Gasteiger partial charge in [-0.05, 0) is 19.3 Å². The molecule has 78 valence electrons. The summed E-state index contributed by atoms with van der Waals surface area (Å²) >= 11 is 0. The van der Waals surface area contributed by atoms with E-state index < -0.39 is 5.97 Å². The molecule has 0 aliphatic carbocycles. The van der Waals surface area contributed by atoms with E-state index in [1.807, 2.05) is 30.4 Å². The van der Waals surface area contributed by atoms with Gasteiger partial charge in [-0.3, -0.25) is 4.79 Å². The minimum absolute atomic E-state index is 0.218. The summed E-state index contributed by atoms with van der Waals surface area (Å²) in [6.45, 7) is 2.09. The highest BCUT2D eigenvalue weighted by Crippen LogP contribution is 1.94. The third-order valence-electron chi connectivity index (χ3n) is 1.58. The normalized spacial score (nSPS) is 12.1. The van der Waals surface area contributed by atoms with Gasteiger partial charge >= 0.3 is 5.97 Å². The fourth-order valence-electron chi connectivity index (χ4n) is 0.871. The first kappa shape index (κ1) is 12.7. The lowest BCUT2D eigenvalue weighted by atomic mass is 10.2. The molecule has 0 atom stereocenters. The van der Waals surface area contributed by atoms with Crippen molar-refractivity contribution in [1.82, 2.24) is 0 Å². The van der Waals surface area contributed by atoms with E-state index in [1.165, 1.54) is 0 Å². The molecule has 0 bridgehead atoms. The van der Waals surface area contributed by atoms with E-state index in [2.05, 4.69) is 13.0 Å². The number of carbonyl (C=O) groups is 1. The van der Waals surface area contributed by atoms with Crippen LogP contribution in [0.25, 0.3) is 0 Å². The number of carboxylic acid groups (broad SMARTS) is 1. The SMILES string of the molecule is CC/C=C/C=C\C/C=C\CCC(=O)O. The van der Waals surface area contributed by atoms with Crippen LogP contribution in [0.3, 0.4) is 0 Å². The van der Waals surface area contributed by atoms with Gasteiger partial charge in [0.05, 0.1) is 0 Å². The lowest BCUT2D eigenvalue weighted by Gasteiger charge is -1.86. The van der Waals surface area contributed by atoms with Crippen molar-refractivity contribution in [2.75, 3.05) is 0 Å². The Bertz CT molecular complexity index is 224. The Labute approximate surface area is 85.6 Å². The van der Waals surface area contributed by atoms with Gasteiger partial charge in [0.2, 0.25) is 0 Å². The first-order valence-corrected chi connectivity index (χ1v) is 4.95. The molecule has 0 saturated carbocycles. The van der Waals surface area contributed by atoms with Gasteiger partial charge in [-0.25, -0.2) is 0 Å². The van der Waals surface area contributed by atoms with Crippen LogP contribution < -0.4 is 0 Å². The molecule has 0 saturated heterocycles. The maximum absolute atomic E-state index is 10.1. The molecule has 0 aromatic heterocycles. The highest BCUT2D eigenvalue weighted by molar-refractivity contribution is 5.66. The molecule has 0 radical (unpaired) electrons. The number of hydrogen-bond acceptors (Lipinski definition) is 1. The Kier molecular flexibility index (Phi) is 8.86. The smallest absolute Gasteiger partial charge is 0.303 e.